The third-order valence-corrected chi connectivity index (χ3v) is 12.4. The maximum atomic E-state index is 11.9. The molecule has 9 nitrogen and oxygen atoms in total. The number of aromatic nitrogens is 4. The summed E-state index contributed by atoms with van der Waals surface area (Å²) in [5.41, 5.74) is 6.30. The maximum Gasteiger partial charge on any atom is 0.247 e. The highest BCUT2D eigenvalue weighted by atomic mass is 28.3. The number of ether oxygens (including phenoxy) is 1. The minimum atomic E-state index is -2.18. The summed E-state index contributed by atoms with van der Waals surface area (Å²) in [5.74, 6) is -0.239. The second-order valence-electron chi connectivity index (χ2n) is 10.4. The van der Waals surface area contributed by atoms with Gasteiger partial charge in [0.1, 0.15) is 12.2 Å². The molecule has 0 bridgehead atoms. The number of aliphatic hydroxyl groups excluding tert-OH is 2. The van der Waals surface area contributed by atoms with Gasteiger partial charge in [-0.15, -0.1) is 0 Å². The number of nitrogens with two attached hydrogens (primary N) is 1. The van der Waals surface area contributed by atoms with Crippen LogP contribution in [0.5, 0.6) is 5.88 Å². The fraction of sp³-hybridized carbons (Fsp3) is 0.370. The van der Waals surface area contributed by atoms with Crippen molar-refractivity contribution < 1.29 is 20.1 Å². The Hall–Kier alpha value is -3.31. The van der Waals surface area contributed by atoms with Gasteiger partial charge >= 0.3 is 0 Å². The minimum absolute atomic E-state index is 0.00696. The van der Waals surface area contributed by atoms with Crippen LogP contribution < -0.4 is 15.7 Å². The lowest BCUT2D eigenvalue weighted by molar-refractivity contribution is -0.0836. The number of hydrogen-bond donors (Lipinski definition) is 4. The van der Waals surface area contributed by atoms with Gasteiger partial charge < -0.3 is 30.4 Å². The molecular formula is C27H33N5O4Si. The van der Waals surface area contributed by atoms with Crippen LogP contribution in [-0.4, -0.2) is 61.7 Å². The van der Waals surface area contributed by atoms with Gasteiger partial charge in [-0.3, -0.25) is 0 Å². The van der Waals surface area contributed by atoms with E-state index in [1.807, 2.05) is 48.5 Å². The Morgan fingerprint density at radius 1 is 1.05 bits per heavy atom. The van der Waals surface area contributed by atoms with Crippen molar-refractivity contribution in [1.82, 2.24) is 19.5 Å². The molecule has 1 fully saturated rings. The van der Waals surface area contributed by atoms with E-state index in [4.69, 9.17) is 10.5 Å². The van der Waals surface area contributed by atoms with Gasteiger partial charge in [-0.05, 0) is 17.5 Å². The number of hydrogen-bond acceptors (Lipinski definition) is 8. The molecule has 1 aliphatic rings. The number of imidazole rings is 1. The molecule has 1 saturated carbocycles. The van der Waals surface area contributed by atoms with Gasteiger partial charge in [-0.25, -0.2) is 4.98 Å². The smallest absolute Gasteiger partial charge is 0.247 e. The molecule has 5 rings (SSSR count). The lowest BCUT2D eigenvalue weighted by atomic mass is 9.89. The van der Waals surface area contributed by atoms with Crippen molar-refractivity contribution in [3.63, 3.8) is 0 Å². The Balaban J connectivity index is 1.54. The number of aliphatic hydroxyl groups is 3. The molecule has 0 aliphatic heterocycles. The summed E-state index contributed by atoms with van der Waals surface area (Å²) in [6, 6.07) is 19.4. The van der Waals surface area contributed by atoms with Crippen molar-refractivity contribution in [2.75, 3.05) is 18.9 Å². The highest BCUT2D eigenvalue weighted by Gasteiger charge is 2.59. The maximum absolute atomic E-state index is 11.9. The first-order chi connectivity index (χ1) is 17.8. The van der Waals surface area contributed by atoms with Crippen molar-refractivity contribution in [2.24, 2.45) is 5.92 Å². The zero-order valence-corrected chi connectivity index (χ0v) is 22.0. The summed E-state index contributed by atoms with van der Waals surface area (Å²) in [5, 5.41) is 34.1. The molecule has 3 unspecified atom stereocenters. The number of nitrogen functional groups attached to an aromatic ring is 1. The number of benzene rings is 2. The van der Waals surface area contributed by atoms with E-state index in [1.165, 1.54) is 5.19 Å². The van der Waals surface area contributed by atoms with E-state index in [9.17, 15) is 15.3 Å². The quantitative estimate of drug-likeness (QED) is 0.260. The topological polar surface area (TPSA) is 140 Å². The Bertz CT molecular complexity index is 1370. The molecule has 194 valence electrons. The van der Waals surface area contributed by atoms with Gasteiger partial charge in [0.25, 0.3) is 0 Å². The molecule has 2 heterocycles. The molecule has 0 spiro atoms. The van der Waals surface area contributed by atoms with E-state index in [-0.39, 0.29) is 30.6 Å². The van der Waals surface area contributed by atoms with Crippen LogP contribution in [0.4, 0.5) is 5.95 Å². The molecule has 2 aromatic carbocycles. The highest BCUT2D eigenvalue weighted by Crippen LogP contribution is 2.54. The van der Waals surface area contributed by atoms with E-state index in [1.54, 1.807) is 10.9 Å². The molecule has 37 heavy (non-hydrogen) atoms. The number of nitrogens with zero attached hydrogens (tertiary/aromatic N) is 4. The van der Waals surface area contributed by atoms with Gasteiger partial charge in [-0.1, -0.05) is 78.9 Å². The molecule has 5 N–H and O–H groups in total. The number of rotatable bonds is 8. The molecule has 2 aromatic heterocycles. The van der Waals surface area contributed by atoms with Gasteiger partial charge in [-0.2, -0.15) is 9.97 Å². The first-order valence-corrected chi connectivity index (χ1v) is 15.5. The molecule has 10 heteroatoms. The normalized spacial score (nSPS) is 24.0. The zero-order chi connectivity index (χ0) is 26.2. The van der Waals surface area contributed by atoms with E-state index >= 15 is 0 Å². The van der Waals surface area contributed by atoms with Gasteiger partial charge in [0.05, 0.1) is 27.0 Å². The monoisotopic (exact) mass is 519 g/mol. The third-order valence-electron chi connectivity index (χ3n) is 8.04. The van der Waals surface area contributed by atoms with Gasteiger partial charge in [0.15, 0.2) is 11.2 Å². The first-order valence-electron chi connectivity index (χ1n) is 12.5. The molecule has 4 atom stereocenters. The van der Waals surface area contributed by atoms with Crippen LogP contribution in [0.25, 0.3) is 11.2 Å². The molecule has 0 radical (unpaired) electrons. The highest BCUT2D eigenvalue weighted by molar-refractivity contribution is 6.91. The summed E-state index contributed by atoms with van der Waals surface area (Å²) in [6.07, 6.45) is 2.14. The lowest BCUT2D eigenvalue weighted by Crippen LogP contribution is -2.52. The standard InChI is InChI=1S/C27H33N5O4Si/c1-37(2,19-11-7-4-8-12-19)21-13-22(27(35,16-34)20(21)14-33)32-17-29-23-24(32)30-26(28)31-25(23)36-15-18-9-5-3-6-10-18/h3-12,17,20-22,33-35H,13-16H2,1-2H3,(H2,28,30,31)/t20?,21?,22?,27-/m0/s1. The summed E-state index contributed by atoms with van der Waals surface area (Å²) in [6.45, 7) is 4.04. The van der Waals surface area contributed by atoms with E-state index in [0.29, 0.717) is 17.6 Å². The molecule has 4 aromatic rings. The van der Waals surface area contributed by atoms with Gasteiger partial charge in [0.2, 0.25) is 11.8 Å². The second kappa shape index (κ2) is 9.86. The van der Waals surface area contributed by atoms with Crippen molar-refractivity contribution in [2.45, 2.75) is 43.3 Å². The van der Waals surface area contributed by atoms with Crippen LogP contribution >= 0.6 is 0 Å². The van der Waals surface area contributed by atoms with Crippen LogP contribution in [0.2, 0.25) is 18.6 Å². The number of fused-ring (bicyclic) bond motifs is 1. The average molecular weight is 520 g/mol. The first kappa shape index (κ1) is 25.3. The van der Waals surface area contributed by atoms with E-state index in [2.05, 4.69) is 40.2 Å². The predicted molar refractivity (Wildman–Crippen MR) is 144 cm³/mol. The molecular weight excluding hydrogens is 486 g/mol. The fourth-order valence-corrected chi connectivity index (χ4v) is 9.60. The second-order valence-corrected chi connectivity index (χ2v) is 15.1. The van der Waals surface area contributed by atoms with E-state index < -0.39 is 32.2 Å². The Morgan fingerprint density at radius 2 is 1.73 bits per heavy atom. The van der Waals surface area contributed by atoms with Crippen molar-refractivity contribution in [1.29, 1.82) is 0 Å². The average Bonchev–Trinajstić information content (AvgIpc) is 3.46. The van der Waals surface area contributed by atoms with Crippen LogP contribution in [0.3, 0.4) is 0 Å². The summed E-state index contributed by atoms with van der Waals surface area (Å²) in [4.78, 5) is 13.2. The van der Waals surface area contributed by atoms with Crippen LogP contribution in [-0.2, 0) is 6.61 Å². The van der Waals surface area contributed by atoms with Crippen molar-refractivity contribution in [3.8, 4) is 5.88 Å². The van der Waals surface area contributed by atoms with Crippen LogP contribution in [0.1, 0.15) is 18.0 Å². The van der Waals surface area contributed by atoms with Crippen molar-refractivity contribution in [3.05, 3.63) is 72.6 Å². The third kappa shape index (κ3) is 4.40. The SMILES string of the molecule is C[Si](C)(c1ccccc1)C1CC(n2cnc3c(OCc4ccccc4)nc(N)nc32)[C@](O)(CO)C1CO. The lowest BCUT2D eigenvalue weighted by Gasteiger charge is -2.38. The Morgan fingerprint density at radius 3 is 2.38 bits per heavy atom. The Labute approximate surface area is 216 Å². The summed E-state index contributed by atoms with van der Waals surface area (Å²) in [7, 11) is -2.18. The van der Waals surface area contributed by atoms with Gasteiger partial charge in [0, 0.05) is 12.5 Å². The van der Waals surface area contributed by atoms with Crippen LogP contribution in [0.15, 0.2) is 67.0 Å². The zero-order valence-electron chi connectivity index (χ0n) is 21.0. The summed E-state index contributed by atoms with van der Waals surface area (Å²) >= 11 is 0. The fourth-order valence-electron chi connectivity index (χ4n) is 5.91. The minimum Gasteiger partial charge on any atom is -0.471 e. The predicted octanol–water partition coefficient (Wildman–Crippen LogP) is 2.25. The largest absolute Gasteiger partial charge is 0.471 e. The van der Waals surface area contributed by atoms with Crippen molar-refractivity contribution >= 4 is 30.4 Å². The van der Waals surface area contributed by atoms with Crippen LogP contribution in [0, 0.1) is 5.92 Å². The number of anilines is 1. The molecule has 0 amide bonds. The molecule has 0 saturated heterocycles. The summed E-state index contributed by atoms with van der Waals surface area (Å²) < 4.78 is 7.73. The Kier molecular flexibility index (Phi) is 6.75. The molecule has 1 aliphatic carbocycles. The van der Waals surface area contributed by atoms with E-state index in [0.717, 1.165) is 5.56 Å².